The normalized spacial score (nSPS) is 11.1. The number of carbonyl (C=O) groups excluding carboxylic acids is 1. The number of benzene rings is 3. The summed E-state index contributed by atoms with van der Waals surface area (Å²) in [5.41, 5.74) is 5.69. The zero-order chi connectivity index (χ0) is 21.8. The highest BCUT2D eigenvalue weighted by molar-refractivity contribution is 7.13. The molecule has 31 heavy (non-hydrogen) atoms. The number of nitrogens with zero attached hydrogens (tertiary/aromatic N) is 1. The minimum atomic E-state index is -0.241. The van der Waals surface area contributed by atoms with Crippen LogP contribution in [-0.2, 0) is 4.79 Å². The Morgan fingerprint density at radius 2 is 1.81 bits per heavy atom. The van der Waals surface area contributed by atoms with Crippen LogP contribution >= 0.6 is 34.5 Å². The van der Waals surface area contributed by atoms with Crippen molar-refractivity contribution in [3.05, 3.63) is 99.4 Å². The number of amides is 1. The number of rotatable bonds is 5. The molecule has 3 aromatic carbocycles. The molecule has 0 radical (unpaired) electrons. The molecule has 154 valence electrons. The minimum Gasteiger partial charge on any atom is -0.323 e. The molecule has 0 unspecified atom stereocenters. The molecule has 0 fully saturated rings. The van der Waals surface area contributed by atoms with Crippen molar-refractivity contribution in [3.8, 4) is 21.8 Å². The first-order valence-electron chi connectivity index (χ1n) is 9.56. The van der Waals surface area contributed by atoms with E-state index in [2.05, 4.69) is 24.4 Å². The molecule has 1 N–H and O–H groups in total. The number of aromatic nitrogens is 1. The third-order valence-corrected chi connectivity index (χ3v) is 6.14. The molecule has 0 aliphatic rings. The van der Waals surface area contributed by atoms with E-state index in [-0.39, 0.29) is 5.91 Å². The summed E-state index contributed by atoms with van der Waals surface area (Å²) in [7, 11) is 0. The highest BCUT2D eigenvalue weighted by Crippen LogP contribution is 2.31. The Bertz CT molecular complexity index is 1260. The average molecular weight is 465 g/mol. The van der Waals surface area contributed by atoms with Crippen molar-refractivity contribution in [2.24, 2.45) is 0 Å². The van der Waals surface area contributed by atoms with Crippen LogP contribution in [0, 0.1) is 6.92 Å². The molecule has 0 aliphatic heterocycles. The monoisotopic (exact) mass is 464 g/mol. The average Bonchev–Trinajstić information content (AvgIpc) is 3.24. The molecule has 3 nitrogen and oxygen atoms in total. The van der Waals surface area contributed by atoms with Crippen molar-refractivity contribution in [3.63, 3.8) is 0 Å². The summed E-state index contributed by atoms with van der Waals surface area (Å²) in [5.74, 6) is -0.241. The summed E-state index contributed by atoms with van der Waals surface area (Å²) in [6, 6.07) is 21.0. The highest BCUT2D eigenvalue weighted by Gasteiger charge is 2.09. The van der Waals surface area contributed by atoms with Gasteiger partial charge in [-0.05, 0) is 48.4 Å². The fraction of sp³-hybridized carbons (Fsp3) is 0.0400. The van der Waals surface area contributed by atoms with Crippen LogP contribution in [0.3, 0.4) is 0 Å². The highest BCUT2D eigenvalue weighted by atomic mass is 35.5. The molecule has 1 aromatic heterocycles. The first-order valence-corrected chi connectivity index (χ1v) is 11.2. The summed E-state index contributed by atoms with van der Waals surface area (Å²) in [6.45, 7) is 2.09. The Morgan fingerprint density at radius 1 is 1.03 bits per heavy atom. The lowest BCUT2D eigenvalue weighted by Crippen LogP contribution is -2.07. The van der Waals surface area contributed by atoms with Crippen LogP contribution in [0.2, 0.25) is 10.0 Å². The number of halogens is 2. The van der Waals surface area contributed by atoms with Gasteiger partial charge in [0.25, 0.3) is 0 Å². The van der Waals surface area contributed by atoms with Crippen molar-refractivity contribution < 1.29 is 4.79 Å². The SMILES string of the molecule is Cc1ccccc1-c1nc(-c2ccc(NC(=O)/C=C/c3ccc(Cl)cc3Cl)cc2)cs1. The smallest absolute Gasteiger partial charge is 0.248 e. The predicted molar refractivity (Wildman–Crippen MR) is 132 cm³/mol. The van der Waals surface area contributed by atoms with Crippen molar-refractivity contribution in [2.75, 3.05) is 5.32 Å². The van der Waals surface area contributed by atoms with E-state index in [9.17, 15) is 4.79 Å². The van der Waals surface area contributed by atoms with Gasteiger partial charge in [0.1, 0.15) is 5.01 Å². The van der Waals surface area contributed by atoms with Crippen molar-refractivity contribution in [1.82, 2.24) is 4.98 Å². The van der Waals surface area contributed by atoms with Crippen LogP contribution in [0.4, 0.5) is 5.69 Å². The third-order valence-electron chi connectivity index (χ3n) is 4.70. The van der Waals surface area contributed by atoms with Gasteiger partial charge in [0.15, 0.2) is 0 Å². The largest absolute Gasteiger partial charge is 0.323 e. The minimum absolute atomic E-state index is 0.241. The summed E-state index contributed by atoms with van der Waals surface area (Å²) in [4.78, 5) is 17.0. The van der Waals surface area contributed by atoms with E-state index in [0.717, 1.165) is 27.4 Å². The van der Waals surface area contributed by atoms with E-state index in [4.69, 9.17) is 28.2 Å². The second-order valence-corrected chi connectivity index (χ2v) is 8.62. The molecule has 1 heterocycles. The van der Waals surface area contributed by atoms with Crippen molar-refractivity contribution in [1.29, 1.82) is 0 Å². The third kappa shape index (κ3) is 5.23. The van der Waals surface area contributed by atoms with Gasteiger partial charge in [0, 0.05) is 38.3 Å². The number of aryl methyl sites for hydroxylation is 1. The Morgan fingerprint density at radius 3 is 2.55 bits per heavy atom. The van der Waals surface area contributed by atoms with Crippen molar-refractivity contribution >= 4 is 52.2 Å². The molecule has 0 saturated carbocycles. The fourth-order valence-corrected chi connectivity index (χ4v) is 4.44. The van der Waals surface area contributed by atoms with Crippen molar-refractivity contribution in [2.45, 2.75) is 6.92 Å². The summed E-state index contributed by atoms with van der Waals surface area (Å²) in [6.07, 6.45) is 3.10. The summed E-state index contributed by atoms with van der Waals surface area (Å²) in [5, 5.41) is 6.94. The van der Waals surface area contributed by atoms with E-state index in [1.165, 1.54) is 11.6 Å². The van der Waals surface area contributed by atoms with Crippen LogP contribution in [-0.4, -0.2) is 10.9 Å². The first kappa shape index (κ1) is 21.3. The number of carbonyl (C=O) groups is 1. The van der Waals surface area contributed by atoms with Crippen LogP contribution in [0.1, 0.15) is 11.1 Å². The zero-order valence-corrected chi connectivity index (χ0v) is 18.9. The zero-order valence-electron chi connectivity index (χ0n) is 16.6. The van der Waals surface area contributed by atoms with Gasteiger partial charge in [-0.15, -0.1) is 11.3 Å². The van der Waals surface area contributed by atoms with Gasteiger partial charge in [-0.3, -0.25) is 4.79 Å². The van der Waals surface area contributed by atoms with E-state index in [0.29, 0.717) is 15.7 Å². The van der Waals surface area contributed by atoms with Gasteiger partial charge in [0.2, 0.25) is 5.91 Å². The predicted octanol–water partition coefficient (Wildman–Crippen LogP) is 7.74. The molecule has 0 aliphatic carbocycles. The molecule has 4 aromatic rings. The molecule has 1 amide bonds. The lowest BCUT2D eigenvalue weighted by atomic mass is 10.1. The maximum atomic E-state index is 12.2. The second kappa shape index (κ2) is 9.48. The summed E-state index contributed by atoms with van der Waals surface area (Å²) < 4.78 is 0. The van der Waals surface area contributed by atoms with Crippen LogP contribution in [0.5, 0.6) is 0 Å². The van der Waals surface area contributed by atoms with E-state index >= 15 is 0 Å². The van der Waals surface area contributed by atoms with Gasteiger partial charge in [-0.2, -0.15) is 0 Å². The molecule has 0 bridgehead atoms. The van der Waals surface area contributed by atoms with Gasteiger partial charge in [0.05, 0.1) is 5.69 Å². The molecule has 0 spiro atoms. The molecular weight excluding hydrogens is 447 g/mol. The topological polar surface area (TPSA) is 42.0 Å². The molecular formula is C25H18Cl2N2OS. The Hall–Kier alpha value is -2.92. The number of anilines is 1. The van der Waals surface area contributed by atoms with Crippen LogP contribution in [0.15, 0.2) is 78.2 Å². The van der Waals surface area contributed by atoms with Crippen LogP contribution in [0.25, 0.3) is 27.9 Å². The standard InChI is InChI=1S/C25H18Cl2N2OS/c1-16-4-2-3-5-21(16)25-29-23(15-31-25)18-7-11-20(12-8-18)28-24(30)13-9-17-6-10-19(26)14-22(17)27/h2-15H,1H3,(H,28,30)/b13-9+. The van der Waals surface area contributed by atoms with Gasteiger partial charge < -0.3 is 5.32 Å². The Balaban J connectivity index is 1.43. The lowest BCUT2D eigenvalue weighted by molar-refractivity contribution is -0.111. The van der Waals surface area contributed by atoms with Gasteiger partial charge >= 0.3 is 0 Å². The van der Waals surface area contributed by atoms with Crippen LogP contribution < -0.4 is 5.32 Å². The molecule has 0 atom stereocenters. The van der Waals surface area contributed by atoms with Gasteiger partial charge in [-0.1, -0.05) is 65.7 Å². The molecule has 0 saturated heterocycles. The Labute approximate surface area is 195 Å². The fourth-order valence-electron chi connectivity index (χ4n) is 3.05. The number of nitrogens with one attached hydrogen (secondary N) is 1. The molecule has 6 heteroatoms. The first-order chi connectivity index (χ1) is 15.0. The summed E-state index contributed by atoms with van der Waals surface area (Å²) >= 11 is 13.6. The maximum Gasteiger partial charge on any atom is 0.248 e. The quantitative estimate of drug-likeness (QED) is 0.306. The lowest BCUT2D eigenvalue weighted by Gasteiger charge is -2.04. The maximum absolute atomic E-state index is 12.2. The van der Waals surface area contributed by atoms with E-state index < -0.39 is 0 Å². The molecule has 4 rings (SSSR count). The van der Waals surface area contributed by atoms with E-state index in [1.54, 1.807) is 35.6 Å². The number of thiazole rings is 1. The number of hydrogen-bond donors (Lipinski definition) is 1. The van der Waals surface area contributed by atoms with Gasteiger partial charge in [-0.25, -0.2) is 4.98 Å². The number of hydrogen-bond acceptors (Lipinski definition) is 3. The van der Waals surface area contributed by atoms with E-state index in [1.807, 2.05) is 41.8 Å². The Kier molecular flexibility index (Phi) is 6.52. The second-order valence-electron chi connectivity index (χ2n) is 6.92.